The topological polar surface area (TPSA) is 75.7 Å². The SMILES string of the molecule is Cc1ccc(CN(C)C(=O)c2ccc(NC(=O)c3ccco3)cc2)o1. The van der Waals surface area contributed by atoms with Crippen molar-refractivity contribution in [2.24, 2.45) is 0 Å². The van der Waals surface area contributed by atoms with Crippen LogP contribution >= 0.6 is 0 Å². The molecule has 6 heteroatoms. The van der Waals surface area contributed by atoms with Crippen LogP contribution in [0, 0.1) is 6.92 Å². The lowest BCUT2D eigenvalue weighted by atomic mass is 10.2. The van der Waals surface area contributed by atoms with Crippen LogP contribution in [-0.4, -0.2) is 23.8 Å². The van der Waals surface area contributed by atoms with Gasteiger partial charge in [-0.05, 0) is 55.5 Å². The molecular formula is C19H18N2O4. The summed E-state index contributed by atoms with van der Waals surface area (Å²) in [5, 5.41) is 2.71. The van der Waals surface area contributed by atoms with Gasteiger partial charge in [0.2, 0.25) is 0 Å². The summed E-state index contributed by atoms with van der Waals surface area (Å²) in [4.78, 5) is 26.0. The van der Waals surface area contributed by atoms with Crippen molar-refractivity contribution < 1.29 is 18.4 Å². The Hall–Kier alpha value is -3.28. The third-order valence-electron chi connectivity index (χ3n) is 3.67. The molecule has 0 radical (unpaired) electrons. The van der Waals surface area contributed by atoms with E-state index in [1.54, 1.807) is 48.3 Å². The summed E-state index contributed by atoms with van der Waals surface area (Å²) in [5.41, 5.74) is 1.11. The van der Waals surface area contributed by atoms with Gasteiger partial charge in [0.1, 0.15) is 11.5 Å². The van der Waals surface area contributed by atoms with Crippen molar-refractivity contribution in [3.63, 3.8) is 0 Å². The van der Waals surface area contributed by atoms with E-state index in [4.69, 9.17) is 8.83 Å². The normalized spacial score (nSPS) is 10.5. The molecule has 25 heavy (non-hydrogen) atoms. The number of benzene rings is 1. The number of anilines is 1. The van der Waals surface area contributed by atoms with Crippen LogP contribution in [0.5, 0.6) is 0 Å². The molecular weight excluding hydrogens is 320 g/mol. The quantitative estimate of drug-likeness (QED) is 0.769. The standard InChI is InChI=1S/C19H18N2O4/c1-13-5-10-16(25-13)12-21(2)19(23)14-6-8-15(9-7-14)20-18(22)17-4-3-11-24-17/h3-11H,12H2,1-2H3,(H,20,22). The fraction of sp³-hybridized carbons (Fsp3) is 0.158. The Morgan fingerprint density at radius 3 is 2.44 bits per heavy atom. The van der Waals surface area contributed by atoms with Crippen molar-refractivity contribution in [1.82, 2.24) is 4.90 Å². The summed E-state index contributed by atoms with van der Waals surface area (Å²) in [6.45, 7) is 2.25. The summed E-state index contributed by atoms with van der Waals surface area (Å²) in [6, 6.07) is 13.6. The number of hydrogen-bond acceptors (Lipinski definition) is 4. The van der Waals surface area contributed by atoms with Gasteiger partial charge in [-0.3, -0.25) is 9.59 Å². The monoisotopic (exact) mass is 338 g/mol. The van der Waals surface area contributed by atoms with Crippen LogP contribution in [0.15, 0.2) is 63.6 Å². The molecule has 0 saturated heterocycles. The Labute approximate surface area is 145 Å². The van der Waals surface area contributed by atoms with E-state index >= 15 is 0 Å². The molecule has 0 bridgehead atoms. The van der Waals surface area contributed by atoms with Gasteiger partial charge in [-0.25, -0.2) is 0 Å². The fourth-order valence-electron chi connectivity index (χ4n) is 2.39. The maximum Gasteiger partial charge on any atom is 0.291 e. The molecule has 2 aromatic heterocycles. The number of aryl methyl sites for hydroxylation is 1. The minimum absolute atomic E-state index is 0.127. The minimum atomic E-state index is -0.339. The highest BCUT2D eigenvalue weighted by atomic mass is 16.3. The second kappa shape index (κ2) is 7.09. The van der Waals surface area contributed by atoms with Crippen LogP contribution in [-0.2, 0) is 6.54 Å². The third kappa shape index (κ3) is 3.98. The Morgan fingerprint density at radius 2 is 1.84 bits per heavy atom. The molecule has 0 atom stereocenters. The Kier molecular flexibility index (Phi) is 4.70. The van der Waals surface area contributed by atoms with Gasteiger partial charge in [0.25, 0.3) is 11.8 Å². The molecule has 1 N–H and O–H groups in total. The molecule has 0 aliphatic heterocycles. The molecule has 3 rings (SSSR count). The lowest BCUT2D eigenvalue weighted by molar-refractivity contribution is 0.0775. The maximum absolute atomic E-state index is 12.5. The molecule has 3 aromatic rings. The summed E-state index contributed by atoms with van der Waals surface area (Å²) >= 11 is 0. The molecule has 2 amide bonds. The average molecular weight is 338 g/mol. The van der Waals surface area contributed by atoms with Gasteiger partial charge in [-0.15, -0.1) is 0 Å². The fourth-order valence-corrected chi connectivity index (χ4v) is 2.39. The van der Waals surface area contributed by atoms with Gasteiger partial charge in [0.15, 0.2) is 5.76 Å². The van der Waals surface area contributed by atoms with E-state index in [0.29, 0.717) is 17.8 Å². The lowest BCUT2D eigenvalue weighted by Gasteiger charge is -2.16. The highest BCUT2D eigenvalue weighted by molar-refractivity contribution is 6.02. The maximum atomic E-state index is 12.5. The average Bonchev–Trinajstić information content (AvgIpc) is 3.27. The zero-order valence-corrected chi connectivity index (χ0v) is 14.0. The van der Waals surface area contributed by atoms with Crippen molar-refractivity contribution in [2.75, 3.05) is 12.4 Å². The van der Waals surface area contributed by atoms with Crippen molar-refractivity contribution >= 4 is 17.5 Å². The van der Waals surface area contributed by atoms with E-state index in [1.807, 2.05) is 19.1 Å². The summed E-state index contributed by atoms with van der Waals surface area (Å²) in [5.74, 6) is 1.31. The van der Waals surface area contributed by atoms with Gasteiger partial charge < -0.3 is 19.1 Å². The van der Waals surface area contributed by atoms with E-state index in [9.17, 15) is 9.59 Å². The first-order chi connectivity index (χ1) is 12.0. The number of rotatable bonds is 5. The zero-order valence-electron chi connectivity index (χ0n) is 14.0. The van der Waals surface area contributed by atoms with Crippen LogP contribution in [0.1, 0.15) is 32.4 Å². The Bertz CT molecular complexity index is 863. The first-order valence-corrected chi connectivity index (χ1v) is 7.78. The van der Waals surface area contributed by atoms with Gasteiger partial charge in [0, 0.05) is 18.3 Å². The molecule has 1 aromatic carbocycles. The first-order valence-electron chi connectivity index (χ1n) is 7.78. The molecule has 0 spiro atoms. The van der Waals surface area contributed by atoms with Crippen LogP contribution in [0.25, 0.3) is 0 Å². The number of carbonyl (C=O) groups is 2. The summed E-state index contributed by atoms with van der Waals surface area (Å²) in [7, 11) is 1.72. The largest absolute Gasteiger partial charge is 0.464 e. The van der Waals surface area contributed by atoms with Crippen molar-refractivity contribution in [3.05, 3.63) is 77.6 Å². The van der Waals surface area contributed by atoms with E-state index in [1.165, 1.54) is 6.26 Å². The van der Waals surface area contributed by atoms with E-state index in [0.717, 1.165) is 11.5 Å². The lowest BCUT2D eigenvalue weighted by Crippen LogP contribution is -2.26. The van der Waals surface area contributed by atoms with Crippen molar-refractivity contribution in [3.8, 4) is 0 Å². The third-order valence-corrected chi connectivity index (χ3v) is 3.67. The van der Waals surface area contributed by atoms with E-state index in [2.05, 4.69) is 5.32 Å². The molecule has 6 nitrogen and oxygen atoms in total. The molecule has 128 valence electrons. The Balaban J connectivity index is 1.63. The molecule has 0 aliphatic rings. The predicted octanol–water partition coefficient (Wildman–Crippen LogP) is 3.71. The Morgan fingerprint density at radius 1 is 1.08 bits per heavy atom. The van der Waals surface area contributed by atoms with Gasteiger partial charge in [0.05, 0.1) is 12.8 Å². The first kappa shape index (κ1) is 16.6. The van der Waals surface area contributed by atoms with Crippen LogP contribution < -0.4 is 5.32 Å². The predicted molar refractivity (Wildman–Crippen MR) is 92.3 cm³/mol. The molecule has 0 unspecified atom stereocenters. The molecule has 0 aliphatic carbocycles. The van der Waals surface area contributed by atoms with Gasteiger partial charge in [-0.1, -0.05) is 0 Å². The highest BCUT2D eigenvalue weighted by Gasteiger charge is 2.14. The summed E-state index contributed by atoms with van der Waals surface area (Å²) < 4.78 is 10.5. The van der Waals surface area contributed by atoms with Crippen LogP contribution in [0.2, 0.25) is 0 Å². The molecule has 0 saturated carbocycles. The van der Waals surface area contributed by atoms with E-state index < -0.39 is 0 Å². The van der Waals surface area contributed by atoms with Crippen LogP contribution in [0.3, 0.4) is 0 Å². The van der Waals surface area contributed by atoms with Crippen LogP contribution in [0.4, 0.5) is 5.69 Å². The van der Waals surface area contributed by atoms with Crippen molar-refractivity contribution in [1.29, 1.82) is 0 Å². The van der Waals surface area contributed by atoms with Gasteiger partial charge >= 0.3 is 0 Å². The zero-order chi connectivity index (χ0) is 17.8. The molecule has 2 heterocycles. The number of furan rings is 2. The van der Waals surface area contributed by atoms with Gasteiger partial charge in [-0.2, -0.15) is 0 Å². The number of amides is 2. The number of nitrogens with one attached hydrogen (secondary N) is 1. The number of nitrogens with zero attached hydrogens (tertiary/aromatic N) is 1. The number of carbonyl (C=O) groups excluding carboxylic acids is 2. The minimum Gasteiger partial charge on any atom is -0.464 e. The second-order valence-corrected chi connectivity index (χ2v) is 5.68. The smallest absolute Gasteiger partial charge is 0.291 e. The highest BCUT2D eigenvalue weighted by Crippen LogP contribution is 2.15. The van der Waals surface area contributed by atoms with E-state index in [-0.39, 0.29) is 17.6 Å². The van der Waals surface area contributed by atoms with Crippen molar-refractivity contribution in [2.45, 2.75) is 13.5 Å². The molecule has 0 fully saturated rings. The second-order valence-electron chi connectivity index (χ2n) is 5.68. The number of hydrogen-bond donors (Lipinski definition) is 1. The summed E-state index contributed by atoms with van der Waals surface area (Å²) in [6.07, 6.45) is 1.44.